The van der Waals surface area contributed by atoms with Crippen LogP contribution in [-0.4, -0.2) is 19.1 Å². The summed E-state index contributed by atoms with van der Waals surface area (Å²) in [7, 11) is 0. The van der Waals surface area contributed by atoms with E-state index in [9.17, 15) is 4.79 Å². The van der Waals surface area contributed by atoms with Gasteiger partial charge in [-0.1, -0.05) is 17.7 Å². The zero-order chi connectivity index (χ0) is 16.2. The van der Waals surface area contributed by atoms with Crippen LogP contribution in [0.1, 0.15) is 18.4 Å². The first-order valence-electron chi connectivity index (χ1n) is 7.81. The number of halogens is 1. The summed E-state index contributed by atoms with van der Waals surface area (Å²) in [6, 6.07) is 13.1. The quantitative estimate of drug-likeness (QED) is 0.841. The Morgan fingerprint density at radius 3 is 2.26 bits per heavy atom. The van der Waals surface area contributed by atoms with Crippen LogP contribution in [0.4, 0.5) is 21.9 Å². The lowest BCUT2D eigenvalue weighted by molar-refractivity contribution is 0.262. The van der Waals surface area contributed by atoms with Crippen molar-refractivity contribution >= 4 is 34.7 Å². The lowest BCUT2D eigenvalue weighted by Crippen LogP contribution is -2.20. The van der Waals surface area contributed by atoms with Crippen LogP contribution in [0.15, 0.2) is 42.5 Å². The largest absolute Gasteiger partial charge is 0.372 e. The van der Waals surface area contributed by atoms with Crippen LogP contribution < -0.4 is 15.5 Å². The van der Waals surface area contributed by atoms with E-state index in [1.54, 1.807) is 6.07 Å². The molecule has 0 aromatic heterocycles. The van der Waals surface area contributed by atoms with Gasteiger partial charge in [-0.25, -0.2) is 4.79 Å². The van der Waals surface area contributed by atoms with Crippen LogP contribution in [0.3, 0.4) is 0 Å². The summed E-state index contributed by atoms with van der Waals surface area (Å²) in [6.45, 7) is 4.15. The minimum atomic E-state index is -0.279. The molecular weight excluding hydrogens is 310 g/mol. The molecule has 4 nitrogen and oxygen atoms in total. The average molecular weight is 330 g/mol. The molecule has 0 aliphatic carbocycles. The van der Waals surface area contributed by atoms with E-state index in [0.29, 0.717) is 10.7 Å². The lowest BCUT2D eigenvalue weighted by atomic mass is 10.2. The van der Waals surface area contributed by atoms with Gasteiger partial charge in [0.2, 0.25) is 0 Å². The van der Waals surface area contributed by atoms with E-state index in [1.165, 1.54) is 18.5 Å². The Labute approximate surface area is 141 Å². The Hall–Kier alpha value is -2.20. The molecule has 0 spiro atoms. The Balaban J connectivity index is 1.59. The van der Waals surface area contributed by atoms with E-state index < -0.39 is 0 Å². The predicted octanol–water partition coefficient (Wildman–Crippen LogP) is 4.89. The molecule has 0 saturated carbocycles. The molecule has 1 aliphatic heterocycles. The zero-order valence-electron chi connectivity index (χ0n) is 13.1. The topological polar surface area (TPSA) is 44.4 Å². The van der Waals surface area contributed by atoms with Gasteiger partial charge in [-0.05, 0) is 61.7 Å². The summed E-state index contributed by atoms with van der Waals surface area (Å²) in [4.78, 5) is 14.4. The summed E-state index contributed by atoms with van der Waals surface area (Å²) < 4.78 is 0. The van der Waals surface area contributed by atoms with Gasteiger partial charge in [0.05, 0.1) is 0 Å². The predicted molar refractivity (Wildman–Crippen MR) is 96.7 cm³/mol. The third-order valence-electron chi connectivity index (χ3n) is 4.03. The third kappa shape index (κ3) is 3.96. The van der Waals surface area contributed by atoms with Crippen LogP contribution in [-0.2, 0) is 0 Å². The van der Waals surface area contributed by atoms with Gasteiger partial charge in [0, 0.05) is 35.2 Å². The highest BCUT2D eigenvalue weighted by molar-refractivity contribution is 6.31. The van der Waals surface area contributed by atoms with Crippen molar-refractivity contribution in [1.29, 1.82) is 0 Å². The number of carbonyl (C=O) groups excluding carboxylic acids is 1. The van der Waals surface area contributed by atoms with Crippen LogP contribution in [0.5, 0.6) is 0 Å². The van der Waals surface area contributed by atoms with E-state index in [4.69, 9.17) is 11.6 Å². The van der Waals surface area contributed by atoms with Crippen LogP contribution >= 0.6 is 11.6 Å². The molecule has 2 N–H and O–H groups in total. The van der Waals surface area contributed by atoms with Gasteiger partial charge in [0.25, 0.3) is 0 Å². The number of urea groups is 1. The second kappa shape index (κ2) is 6.92. The lowest BCUT2D eigenvalue weighted by Gasteiger charge is -2.17. The fraction of sp³-hybridized carbons (Fsp3) is 0.278. The molecule has 23 heavy (non-hydrogen) atoms. The molecule has 0 unspecified atom stereocenters. The van der Waals surface area contributed by atoms with Gasteiger partial charge in [-0.2, -0.15) is 0 Å². The van der Waals surface area contributed by atoms with Crippen molar-refractivity contribution < 1.29 is 4.79 Å². The highest BCUT2D eigenvalue weighted by atomic mass is 35.5. The molecule has 5 heteroatoms. The molecule has 1 saturated heterocycles. The number of benzene rings is 2. The summed E-state index contributed by atoms with van der Waals surface area (Å²) >= 11 is 6.06. The smallest absolute Gasteiger partial charge is 0.323 e. The number of nitrogens with zero attached hydrogens (tertiary/aromatic N) is 1. The van der Waals surface area contributed by atoms with Crippen molar-refractivity contribution in [3.05, 3.63) is 53.1 Å². The minimum Gasteiger partial charge on any atom is -0.372 e. The molecule has 2 aromatic rings. The van der Waals surface area contributed by atoms with Crippen molar-refractivity contribution in [2.45, 2.75) is 19.8 Å². The molecule has 2 aromatic carbocycles. The van der Waals surface area contributed by atoms with Gasteiger partial charge in [-0.15, -0.1) is 0 Å². The number of rotatable bonds is 3. The van der Waals surface area contributed by atoms with Crippen molar-refractivity contribution in [2.75, 3.05) is 28.6 Å². The third-order valence-corrected chi connectivity index (χ3v) is 4.43. The first-order valence-corrected chi connectivity index (χ1v) is 8.19. The maximum absolute atomic E-state index is 12.0. The number of hydrogen-bond acceptors (Lipinski definition) is 2. The van der Waals surface area contributed by atoms with Crippen LogP contribution in [0, 0.1) is 6.92 Å². The number of nitrogens with one attached hydrogen (secondary N) is 2. The number of carbonyl (C=O) groups is 1. The maximum Gasteiger partial charge on any atom is 0.323 e. The monoisotopic (exact) mass is 329 g/mol. The second-order valence-electron chi connectivity index (χ2n) is 5.78. The normalized spacial score (nSPS) is 13.9. The second-order valence-corrected chi connectivity index (χ2v) is 6.19. The summed E-state index contributed by atoms with van der Waals surface area (Å²) in [5.41, 5.74) is 3.63. The summed E-state index contributed by atoms with van der Waals surface area (Å²) in [5, 5.41) is 6.25. The van der Waals surface area contributed by atoms with E-state index in [2.05, 4.69) is 15.5 Å². The molecule has 0 bridgehead atoms. The molecule has 1 fully saturated rings. The molecule has 120 valence electrons. The maximum atomic E-state index is 12.0. The Morgan fingerprint density at radius 2 is 1.61 bits per heavy atom. The van der Waals surface area contributed by atoms with Crippen molar-refractivity contribution in [1.82, 2.24) is 0 Å². The number of amides is 2. The van der Waals surface area contributed by atoms with Gasteiger partial charge < -0.3 is 15.5 Å². The summed E-state index contributed by atoms with van der Waals surface area (Å²) in [6.07, 6.45) is 2.50. The number of anilines is 3. The van der Waals surface area contributed by atoms with E-state index in [-0.39, 0.29) is 6.03 Å². The van der Waals surface area contributed by atoms with E-state index >= 15 is 0 Å². The SMILES string of the molecule is Cc1ccc(NC(=O)Nc2ccc(N3CCCC3)cc2)cc1Cl. The molecule has 1 heterocycles. The van der Waals surface area contributed by atoms with Gasteiger partial charge in [-0.3, -0.25) is 0 Å². The highest BCUT2D eigenvalue weighted by Crippen LogP contribution is 2.23. The molecular formula is C18H20ClN3O. The molecule has 1 aliphatic rings. The first kappa shape index (κ1) is 15.7. The van der Waals surface area contributed by atoms with E-state index in [0.717, 1.165) is 24.3 Å². The molecule has 0 atom stereocenters. The highest BCUT2D eigenvalue weighted by Gasteiger charge is 2.12. The molecule has 0 radical (unpaired) electrons. The Kier molecular flexibility index (Phi) is 4.72. The fourth-order valence-corrected chi connectivity index (χ4v) is 2.88. The Bertz CT molecular complexity index is 694. The molecule has 3 rings (SSSR count). The van der Waals surface area contributed by atoms with Gasteiger partial charge in [0.15, 0.2) is 0 Å². The van der Waals surface area contributed by atoms with E-state index in [1.807, 2.05) is 43.3 Å². The zero-order valence-corrected chi connectivity index (χ0v) is 13.9. The number of hydrogen-bond donors (Lipinski definition) is 2. The van der Waals surface area contributed by atoms with Crippen LogP contribution in [0.25, 0.3) is 0 Å². The van der Waals surface area contributed by atoms with Gasteiger partial charge >= 0.3 is 6.03 Å². The van der Waals surface area contributed by atoms with Crippen LogP contribution in [0.2, 0.25) is 5.02 Å². The summed E-state index contributed by atoms with van der Waals surface area (Å²) in [5.74, 6) is 0. The Morgan fingerprint density at radius 1 is 1.00 bits per heavy atom. The molecule has 2 amide bonds. The van der Waals surface area contributed by atoms with Gasteiger partial charge in [0.1, 0.15) is 0 Å². The van der Waals surface area contributed by atoms with Crippen molar-refractivity contribution in [3.63, 3.8) is 0 Å². The fourth-order valence-electron chi connectivity index (χ4n) is 2.69. The van der Waals surface area contributed by atoms with Crippen molar-refractivity contribution in [2.24, 2.45) is 0 Å². The average Bonchev–Trinajstić information content (AvgIpc) is 3.06. The standard InChI is InChI=1S/C18H20ClN3O/c1-13-4-5-15(12-17(13)19)21-18(23)20-14-6-8-16(9-7-14)22-10-2-3-11-22/h4-9,12H,2-3,10-11H2,1H3,(H2,20,21,23). The number of aryl methyl sites for hydroxylation is 1. The minimum absolute atomic E-state index is 0.279. The van der Waals surface area contributed by atoms with Crippen molar-refractivity contribution in [3.8, 4) is 0 Å². The first-order chi connectivity index (χ1) is 11.1.